The van der Waals surface area contributed by atoms with E-state index in [0.29, 0.717) is 5.02 Å². The van der Waals surface area contributed by atoms with Gasteiger partial charge in [-0.15, -0.1) is 0 Å². The molecule has 0 amide bonds. The molecular weight excluding hydrogens is 395 g/mol. The van der Waals surface area contributed by atoms with Gasteiger partial charge in [0.25, 0.3) is 0 Å². The van der Waals surface area contributed by atoms with Gasteiger partial charge in [-0.05, 0) is 52.9 Å². The molecule has 3 rings (SSSR count). The average Bonchev–Trinajstić information content (AvgIpc) is 2.84. The summed E-state index contributed by atoms with van der Waals surface area (Å²) in [6, 6.07) is 9.35. The summed E-state index contributed by atoms with van der Waals surface area (Å²) in [5, 5.41) is 3.92. The molecule has 7 heteroatoms. The lowest BCUT2D eigenvalue weighted by Crippen LogP contribution is -1.96. The maximum Gasteiger partial charge on any atom is 0.129 e. The third-order valence-electron chi connectivity index (χ3n) is 2.63. The number of nitrogens with zero attached hydrogens (tertiary/aromatic N) is 2. The quantitative estimate of drug-likeness (QED) is 0.496. The van der Waals surface area contributed by atoms with Crippen LogP contribution >= 0.6 is 45.9 Å². The van der Waals surface area contributed by atoms with Crippen molar-refractivity contribution in [2.24, 2.45) is 0 Å². The summed E-state index contributed by atoms with van der Waals surface area (Å²) in [5.74, 6) is 0. The normalized spacial score (nSPS) is 10.8. The van der Waals surface area contributed by atoms with Crippen LogP contribution in [-0.2, 0) is 0 Å². The first-order valence-electron chi connectivity index (χ1n) is 5.38. The van der Waals surface area contributed by atoms with Gasteiger partial charge in [0.2, 0.25) is 0 Å². The molecular formula is C12H8ClIN4S. The highest BCUT2D eigenvalue weighted by Gasteiger charge is 2.11. The highest BCUT2D eigenvalue weighted by Crippen LogP contribution is 2.34. The second-order valence-corrected chi connectivity index (χ2v) is 6.02. The largest absolute Gasteiger partial charge is 0.399 e. The Bertz CT molecular complexity index is 759. The van der Waals surface area contributed by atoms with Crippen molar-refractivity contribution in [3.8, 4) is 0 Å². The number of halogens is 2. The molecule has 0 fully saturated rings. The maximum atomic E-state index is 6.24. The van der Waals surface area contributed by atoms with Crippen molar-refractivity contribution in [1.82, 2.24) is 8.75 Å². The lowest BCUT2D eigenvalue weighted by molar-refractivity contribution is 1.52. The van der Waals surface area contributed by atoms with Crippen LogP contribution in [-0.4, -0.2) is 8.75 Å². The fraction of sp³-hybridized carbons (Fsp3) is 0. The van der Waals surface area contributed by atoms with Crippen molar-refractivity contribution in [3.05, 3.63) is 38.9 Å². The maximum absolute atomic E-state index is 6.24. The van der Waals surface area contributed by atoms with Gasteiger partial charge in [0, 0.05) is 9.26 Å². The van der Waals surface area contributed by atoms with E-state index in [-0.39, 0.29) is 0 Å². The fourth-order valence-electron chi connectivity index (χ4n) is 1.71. The Morgan fingerprint density at radius 1 is 1.21 bits per heavy atom. The zero-order chi connectivity index (χ0) is 13.4. The number of hydrogen-bond acceptors (Lipinski definition) is 5. The third kappa shape index (κ3) is 2.47. The molecule has 0 saturated heterocycles. The van der Waals surface area contributed by atoms with E-state index in [1.807, 2.05) is 30.3 Å². The van der Waals surface area contributed by atoms with Gasteiger partial charge < -0.3 is 11.1 Å². The molecule has 0 radical (unpaired) electrons. The number of nitrogen functional groups attached to an aromatic ring is 1. The Morgan fingerprint density at radius 3 is 2.84 bits per heavy atom. The first kappa shape index (κ1) is 12.9. The highest BCUT2D eigenvalue weighted by atomic mass is 127. The van der Waals surface area contributed by atoms with Gasteiger partial charge in [-0.25, -0.2) is 0 Å². The molecule has 0 spiro atoms. The number of nitrogens with one attached hydrogen (secondary N) is 1. The summed E-state index contributed by atoms with van der Waals surface area (Å²) >= 11 is 9.64. The number of benzene rings is 2. The Labute approximate surface area is 132 Å². The summed E-state index contributed by atoms with van der Waals surface area (Å²) in [5.41, 5.74) is 9.81. The molecule has 0 atom stereocenters. The lowest BCUT2D eigenvalue weighted by Gasteiger charge is -2.11. The predicted octanol–water partition coefficient (Wildman–Crippen LogP) is 4.28. The topological polar surface area (TPSA) is 63.8 Å². The number of hydrogen-bond donors (Lipinski definition) is 2. The molecule has 1 aromatic heterocycles. The molecule has 96 valence electrons. The van der Waals surface area contributed by atoms with Crippen LogP contribution in [0.3, 0.4) is 0 Å². The van der Waals surface area contributed by atoms with E-state index in [2.05, 4.69) is 36.7 Å². The van der Waals surface area contributed by atoms with Crippen molar-refractivity contribution in [2.75, 3.05) is 11.1 Å². The molecule has 0 saturated carbocycles. The Kier molecular flexibility index (Phi) is 3.46. The van der Waals surface area contributed by atoms with Gasteiger partial charge in [0.1, 0.15) is 11.0 Å². The molecule has 0 bridgehead atoms. The summed E-state index contributed by atoms with van der Waals surface area (Å²) in [4.78, 5) is 0. The fourth-order valence-corrected chi connectivity index (χ4v) is 3.13. The summed E-state index contributed by atoms with van der Waals surface area (Å²) in [6.45, 7) is 0. The molecule has 0 aliphatic carbocycles. The van der Waals surface area contributed by atoms with Crippen molar-refractivity contribution in [3.63, 3.8) is 0 Å². The number of nitrogens with two attached hydrogens (primary N) is 1. The molecule has 2 aromatic carbocycles. The molecule has 3 N–H and O–H groups in total. The molecule has 1 heterocycles. The van der Waals surface area contributed by atoms with Crippen molar-refractivity contribution >= 4 is 74.0 Å². The molecule has 0 unspecified atom stereocenters. The van der Waals surface area contributed by atoms with E-state index < -0.39 is 0 Å². The minimum atomic E-state index is 0.618. The molecule has 3 aromatic rings. The number of anilines is 3. The van der Waals surface area contributed by atoms with Crippen molar-refractivity contribution < 1.29 is 0 Å². The van der Waals surface area contributed by atoms with E-state index in [0.717, 1.165) is 31.7 Å². The van der Waals surface area contributed by atoms with Crippen LogP contribution in [0, 0.1) is 3.57 Å². The number of rotatable bonds is 2. The van der Waals surface area contributed by atoms with Gasteiger partial charge in [0.15, 0.2) is 0 Å². The molecule has 19 heavy (non-hydrogen) atoms. The number of aromatic nitrogens is 2. The molecule has 4 nitrogen and oxygen atoms in total. The zero-order valence-corrected chi connectivity index (χ0v) is 13.3. The minimum absolute atomic E-state index is 0.618. The lowest BCUT2D eigenvalue weighted by atomic mass is 10.2. The second kappa shape index (κ2) is 5.10. The van der Waals surface area contributed by atoms with Crippen LogP contribution in [0.25, 0.3) is 11.0 Å². The van der Waals surface area contributed by atoms with E-state index in [4.69, 9.17) is 17.3 Å². The second-order valence-electron chi connectivity index (χ2n) is 3.92. The average molecular weight is 403 g/mol. The standard InChI is InChI=1S/C12H8ClIN4S/c13-7-2-4-10-12(18-19-17-10)11(7)16-9-3-1-6(15)5-8(9)14/h1-5,16H,15H2. The predicted molar refractivity (Wildman–Crippen MR) is 89.3 cm³/mol. The summed E-state index contributed by atoms with van der Waals surface area (Å²) in [6.07, 6.45) is 0. The van der Waals surface area contributed by atoms with Crippen LogP contribution in [0.4, 0.5) is 17.1 Å². The van der Waals surface area contributed by atoms with Crippen molar-refractivity contribution in [2.45, 2.75) is 0 Å². The highest BCUT2D eigenvalue weighted by molar-refractivity contribution is 14.1. The van der Waals surface area contributed by atoms with Crippen LogP contribution < -0.4 is 11.1 Å². The van der Waals surface area contributed by atoms with Gasteiger partial charge in [-0.1, -0.05) is 11.6 Å². The summed E-state index contributed by atoms with van der Waals surface area (Å²) < 4.78 is 9.51. The van der Waals surface area contributed by atoms with Gasteiger partial charge in [0.05, 0.1) is 28.1 Å². The minimum Gasteiger partial charge on any atom is -0.399 e. The van der Waals surface area contributed by atoms with E-state index in [1.165, 1.54) is 11.7 Å². The number of fused-ring (bicyclic) bond motifs is 1. The summed E-state index contributed by atoms with van der Waals surface area (Å²) in [7, 11) is 0. The Hall–Kier alpha value is -1.12. The first-order valence-corrected chi connectivity index (χ1v) is 7.56. The SMILES string of the molecule is Nc1ccc(Nc2c(Cl)ccc3nsnc23)c(I)c1. The van der Waals surface area contributed by atoms with E-state index >= 15 is 0 Å². The molecule has 0 aliphatic heterocycles. The van der Waals surface area contributed by atoms with E-state index in [1.54, 1.807) is 0 Å². The van der Waals surface area contributed by atoms with Gasteiger partial charge in [-0.3, -0.25) is 0 Å². The van der Waals surface area contributed by atoms with Crippen LogP contribution in [0.5, 0.6) is 0 Å². The Morgan fingerprint density at radius 2 is 2.05 bits per heavy atom. The monoisotopic (exact) mass is 402 g/mol. The zero-order valence-electron chi connectivity index (χ0n) is 9.52. The molecule has 0 aliphatic rings. The van der Waals surface area contributed by atoms with Gasteiger partial charge >= 0.3 is 0 Å². The van der Waals surface area contributed by atoms with Gasteiger partial charge in [-0.2, -0.15) is 8.75 Å². The van der Waals surface area contributed by atoms with Crippen LogP contribution in [0.15, 0.2) is 30.3 Å². The third-order valence-corrected chi connectivity index (χ3v) is 4.38. The van der Waals surface area contributed by atoms with Crippen molar-refractivity contribution in [1.29, 1.82) is 0 Å². The smallest absolute Gasteiger partial charge is 0.129 e. The van der Waals surface area contributed by atoms with Crippen LogP contribution in [0.2, 0.25) is 5.02 Å². The van der Waals surface area contributed by atoms with E-state index in [9.17, 15) is 0 Å². The van der Waals surface area contributed by atoms with Crippen LogP contribution in [0.1, 0.15) is 0 Å². The first-order chi connectivity index (χ1) is 9.15. The Balaban J connectivity index is 2.10.